The third kappa shape index (κ3) is 6.52. The van der Waals surface area contributed by atoms with Gasteiger partial charge in [0.2, 0.25) is 0 Å². The molecule has 1 aromatic heterocycles. The first-order chi connectivity index (χ1) is 21.1. The van der Waals surface area contributed by atoms with E-state index >= 15 is 0 Å². The number of likely N-dealkylation sites (tertiary alicyclic amines) is 1. The molecule has 0 radical (unpaired) electrons. The molecule has 218 valence electrons. The number of benzene rings is 3. The molecule has 43 heavy (non-hydrogen) atoms. The van der Waals surface area contributed by atoms with Crippen molar-refractivity contribution in [2.75, 3.05) is 23.7 Å². The quantitative estimate of drug-likeness (QED) is 0.191. The number of fused-ring (bicyclic) bond motifs is 1. The van der Waals surface area contributed by atoms with Crippen LogP contribution in [-0.2, 0) is 11.3 Å². The lowest BCUT2D eigenvalue weighted by Gasteiger charge is -2.26. The molecule has 3 aromatic carbocycles. The van der Waals surface area contributed by atoms with Crippen molar-refractivity contribution in [2.24, 2.45) is 0 Å². The van der Waals surface area contributed by atoms with Gasteiger partial charge in [0.15, 0.2) is 0 Å². The number of anilines is 2. The summed E-state index contributed by atoms with van der Waals surface area (Å²) in [5, 5.41) is 9.68. The van der Waals surface area contributed by atoms with Crippen molar-refractivity contribution in [3.05, 3.63) is 125 Å². The first kappa shape index (κ1) is 28.4. The molecular formula is C36H37N5O2. The summed E-state index contributed by atoms with van der Waals surface area (Å²) >= 11 is 0. The summed E-state index contributed by atoms with van der Waals surface area (Å²) < 4.78 is 0. The minimum Gasteiger partial charge on any atom is -0.354 e. The van der Waals surface area contributed by atoms with Gasteiger partial charge >= 0.3 is 0 Å². The molecule has 0 spiro atoms. The zero-order valence-electron chi connectivity index (χ0n) is 24.5. The van der Waals surface area contributed by atoms with Crippen LogP contribution in [0.2, 0.25) is 0 Å². The zero-order chi connectivity index (χ0) is 29.6. The highest BCUT2D eigenvalue weighted by molar-refractivity contribution is 6.37. The SMILES string of the molecule is CC[C@@H](NC(=O)c1ccc2c(c1)/C(=C(/Nc1ccc(CN3CCCCC3)cc1)c1ccncc1)C(=O)N2)c1ccccc1. The van der Waals surface area contributed by atoms with Crippen molar-refractivity contribution in [2.45, 2.75) is 45.2 Å². The van der Waals surface area contributed by atoms with Gasteiger partial charge in [-0.2, -0.15) is 0 Å². The molecule has 7 heteroatoms. The lowest BCUT2D eigenvalue weighted by Crippen LogP contribution is -2.29. The summed E-state index contributed by atoms with van der Waals surface area (Å²) in [5.41, 5.74) is 7.05. The summed E-state index contributed by atoms with van der Waals surface area (Å²) in [6.07, 6.45) is 8.04. The Morgan fingerprint density at radius 2 is 1.65 bits per heavy atom. The van der Waals surface area contributed by atoms with E-state index in [1.165, 1.54) is 24.8 Å². The molecule has 2 amide bonds. The van der Waals surface area contributed by atoms with Gasteiger partial charge in [-0.3, -0.25) is 19.5 Å². The van der Waals surface area contributed by atoms with Gasteiger partial charge in [0.25, 0.3) is 11.8 Å². The van der Waals surface area contributed by atoms with Gasteiger partial charge in [-0.15, -0.1) is 0 Å². The highest BCUT2D eigenvalue weighted by Gasteiger charge is 2.30. The minimum atomic E-state index is -0.218. The molecule has 0 unspecified atom stereocenters. The van der Waals surface area contributed by atoms with E-state index in [-0.39, 0.29) is 17.9 Å². The van der Waals surface area contributed by atoms with Gasteiger partial charge in [-0.25, -0.2) is 0 Å². The highest BCUT2D eigenvalue weighted by Crippen LogP contribution is 2.38. The number of carbonyl (C=O) groups is 2. The van der Waals surface area contributed by atoms with E-state index in [0.717, 1.165) is 42.9 Å². The fourth-order valence-corrected chi connectivity index (χ4v) is 5.92. The van der Waals surface area contributed by atoms with Crippen LogP contribution in [-0.4, -0.2) is 34.8 Å². The highest BCUT2D eigenvalue weighted by atomic mass is 16.2. The maximum absolute atomic E-state index is 13.5. The van der Waals surface area contributed by atoms with Gasteiger partial charge in [0.05, 0.1) is 17.3 Å². The third-order valence-electron chi connectivity index (χ3n) is 8.24. The first-order valence-electron chi connectivity index (χ1n) is 15.1. The Labute approximate surface area is 253 Å². The topological polar surface area (TPSA) is 86.4 Å². The molecule has 1 saturated heterocycles. The Morgan fingerprint density at radius 3 is 2.37 bits per heavy atom. The fraction of sp³-hybridized carbons (Fsp3) is 0.250. The molecule has 0 aliphatic carbocycles. The largest absolute Gasteiger partial charge is 0.354 e. The first-order valence-corrected chi connectivity index (χ1v) is 15.1. The molecule has 4 aromatic rings. The van der Waals surface area contributed by atoms with E-state index in [1.807, 2.05) is 42.5 Å². The molecular weight excluding hydrogens is 534 g/mol. The predicted molar refractivity (Wildman–Crippen MR) is 172 cm³/mol. The maximum atomic E-state index is 13.5. The van der Waals surface area contributed by atoms with Gasteiger partial charge in [-0.1, -0.05) is 55.8 Å². The Kier molecular flexibility index (Phi) is 8.61. The lowest BCUT2D eigenvalue weighted by atomic mass is 9.98. The number of rotatable bonds is 9. The maximum Gasteiger partial charge on any atom is 0.258 e. The van der Waals surface area contributed by atoms with E-state index in [9.17, 15) is 9.59 Å². The van der Waals surface area contributed by atoms with Crippen LogP contribution < -0.4 is 16.0 Å². The number of hydrogen-bond acceptors (Lipinski definition) is 5. The van der Waals surface area contributed by atoms with E-state index in [2.05, 4.69) is 57.0 Å². The Morgan fingerprint density at radius 1 is 0.907 bits per heavy atom. The van der Waals surface area contributed by atoms with Crippen molar-refractivity contribution in [3.8, 4) is 0 Å². The van der Waals surface area contributed by atoms with E-state index in [1.54, 1.807) is 30.6 Å². The summed E-state index contributed by atoms with van der Waals surface area (Å²) in [7, 11) is 0. The average molecular weight is 572 g/mol. The third-order valence-corrected chi connectivity index (χ3v) is 8.24. The number of hydrogen-bond donors (Lipinski definition) is 3. The second-order valence-corrected chi connectivity index (χ2v) is 11.2. The normalized spacial score (nSPS) is 16.6. The van der Waals surface area contributed by atoms with Crippen molar-refractivity contribution >= 4 is 34.5 Å². The van der Waals surface area contributed by atoms with Crippen LogP contribution in [0.4, 0.5) is 11.4 Å². The van der Waals surface area contributed by atoms with Crippen LogP contribution in [0.3, 0.4) is 0 Å². The number of nitrogens with zero attached hydrogens (tertiary/aromatic N) is 2. The second-order valence-electron chi connectivity index (χ2n) is 11.2. The van der Waals surface area contributed by atoms with Crippen LogP contribution >= 0.6 is 0 Å². The molecule has 2 aliphatic heterocycles. The number of amides is 2. The predicted octanol–water partition coefficient (Wildman–Crippen LogP) is 6.88. The van der Waals surface area contributed by atoms with Gasteiger partial charge < -0.3 is 16.0 Å². The van der Waals surface area contributed by atoms with Crippen molar-refractivity contribution in [3.63, 3.8) is 0 Å². The summed E-state index contributed by atoms with van der Waals surface area (Å²) in [6, 6.07) is 27.4. The minimum absolute atomic E-state index is 0.108. The fourth-order valence-electron chi connectivity index (χ4n) is 5.92. The lowest BCUT2D eigenvalue weighted by molar-refractivity contribution is -0.110. The smallest absolute Gasteiger partial charge is 0.258 e. The molecule has 1 fully saturated rings. The number of carbonyl (C=O) groups excluding carboxylic acids is 2. The van der Waals surface area contributed by atoms with Crippen LogP contribution in [0.15, 0.2) is 97.3 Å². The zero-order valence-corrected chi connectivity index (χ0v) is 24.5. The summed E-state index contributed by atoms with van der Waals surface area (Å²) in [5.74, 6) is -0.399. The molecule has 0 saturated carbocycles. The molecule has 7 nitrogen and oxygen atoms in total. The number of piperidine rings is 1. The van der Waals surface area contributed by atoms with E-state index in [0.29, 0.717) is 28.1 Å². The Bertz CT molecular complexity index is 1610. The Hall–Kier alpha value is -4.75. The van der Waals surface area contributed by atoms with Crippen LogP contribution in [0, 0.1) is 0 Å². The van der Waals surface area contributed by atoms with Crippen LogP contribution in [0.25, 0.3) is 11.3 Å². The number of nitrogens with one attached hydrogen (secondary N) is 3. The summed E-state index contributed by atoms with van der Waals surface area (Å²) in [4.78, 5) is 33.6. The molecule has 0 bridgehead atoms. The van der Waals surface area contributed by atoms with Gasteiger partial charge in [0.1, 0.15) is 0 Å². The van der Waals surface area contributed by atoms with Gasteiger partial charge in [0, 0.05) is 47.0 Å². The van der Waals surface area contributed by atoms with Gasteiger partial charge in [-0.05, 0) is 85.9 Å². The molecule has 3 N–H and O–H groups in total. The summed E-state index contributed by atoms with van der Waals surface area (Å²) in [6.45, 7) is 5.30. The number of aromatic nitrogens is 1. The number of pyridine rings is 1. The second kappa shape index (κ2) is 13.0. The van der Waals surface area contributed by atoms with Crippen LogP contribution in [0.1, 0.15) is 71.3 Å². The Balaban J connectivity index is 1.31. The van der Waals surface area contributed by atoms with Crippen LogP contribution in [0.5, 0.6) is 0 Å². The molecule has 2 aliphatic rings. The molecule has 1 atom stereocenters. The van der Waals surface area contributed by atoms with Crippen molar-refractivity contribution in [1.82, 2.24) is 15.2 Å². The van der Waals surface area contributed by atoms with Crippen molar-refractivity contribution in [1.29, 1.82) is 0 Å². The average Bonchev–Trinajstić information content (AvgIpc) is 3.39. The standard InChI is InChI=1S/C36H37N5O2/c1-2-31(26-9-5-3-6-10-26)39-35(42)28-13-16-32-30(23-28)33(36(43)40-32)34(27-17-19-37-20-18-27)38-29-14-11-25(12-15-29)24-41-21-7-4-8-22-41/h3,5-6,9-20,23,31,38H,2,4,7-8,21-22,24H2,1H3,(H,39,42)(H,40,43)/b34-33-/t31-/m1/s1. The van der Waals surface area contributed by atoms with E-state index < -0.39 is 0 Å². The van der Waals surface area contributed by atoms with E-state index in [4.69, 9.17) is 0 Å². The molecule has 3 heterocycles. The molecule has 6 rings (SSSR count). The monoisotopic (exact) mass is 571 g/mol. The van der Waals surface area contributed by atoms with Crippen molar-refractivity contribution < 1.29 is 9.59 Å².